The van der Waals surface area contributed by atoms with Crippen LogP contribution in [-0.2, 0) is 4.79 Å². The number of aromatic nitrogens is 2. The van der Waals surface area contributed by atoms with Crippen LogP contribution in [0.4, 0.5) is 5.82 Å². The van der Waals surface area contributed by atoms with Crippen molar-refractivity contribution < 1.29 is 19.1 Å². The molecule has 0 bridgehead atoms. The van der Waals surface area contributed by atoms with Gasteiger partial charge in [-0.2, -0.15) is 0 Å². The van der Waals surface area contributed by atoms with Crippen molar-refractivity contribution in [3.8, 4) is 22.8 Å². The number of methoxy groups -OCH3 is 2. The monoisotopic (exact) mass is 613 g/mol. The summed E-state index contributed by atoms with van der Waals surface area (Å²) in [4.78, 5) is 33.0. The summed E-state index contributed by atoms with van der Waals surface area (Å²) in [5.74, 6) is 1.70. The van der Waals surface area contributed by atoms with Crippen molar-refractivity contribution in [3.05, 3.63) is 101 Å². The number of benzene rings is 3. The lowest BCUT2D eigenvalue weighted by Gasteiger charge is -2.32. The standard InChI is InChI=1S/C34H36ClN5O4/c1-24(25-10-5-4-6-11-25)40(34(42)27-12-7-8-13-29(27)35)23-33(41)39-19-9-18-38(20-21-39)32-17-16-30(36-37-32)28-15-14-26(43-2)22-31(28)44-3/h4-8,10-17,22,24H,9,18-21,23H2,1-3H3/t24-/m1/s1. The van der Waals surface area contributed by atoms with E-state index in [1.165, 1.54) is 0 Å². The van der Waals surface area contributed by atoms with Crippen molar-refractivity contribution >= 4 is 29.2 Å². The third kappa shape index (κ3) is 6.94. The summed E-state index contributed by atoms with van der Waals surface area (Å²) in [6.45, 7) is 4.29. The van der Waals surface area contributed by atoms with E-state index in [-0.39, 0.29) is 24.4 Å². The van der Waals surface area contributed by atoms with E-state index < -0.39 is 0 Å². The zero-order valence-corrected chi connectivity index (χ0v) is 25.9. The van der Waals surface area contributed by atoms with Gasteiger partial charge in [0.1, 0.15) is 18.0 Å². The Morgan fingerprint density at radius 3 is 2.36 bits per heavy atom. The van der Waals surface area contributed by atoms with Gasteiger partial charge in [0.25, 0.3) is 5.91 Å². The van der Waals surface area contributed by atoms with Crippen molar-refractivity contribution in [1.29, 1.82) is 0 Å². The summed E-state index contributed by atoms with van der Waals surface area (Å²) < 4.78 is 10.8. The minimum Gasteiger partial charge on any atom is -0.497 e. The minimum absolute atomic E-state index is 0.0572. The lowest BCUT2D eigenvalue weighted by Crippen LogP contribution is -2.45. The normalized spacial score (nSPS) is 14.0. The summed E-state index contributed by atoms with van der Waals surface area (Å²) in [6.07, 6.45) is 0.758. The van der Waals surface area contributed by atoms with Gasteiger partial charge < -0.3 is 24.2 Å². The van der Waals surface area contributed by atoms with Crippen molar-refractivity contribution in [2.24, 2.45) is 0 Å². The summed E-state index contributed by atoms with van der Waals surface area (Å²) in [7, 11) is 3.22. The van der Waals surface area contributed by atoms with Gasteiger partial charge in [-0.25, -0.2) is 0 Å². The molecule has 228 valence electrons. The molecule has 0 spiro atoms. The van der Waals surface area contributed by atoms with Gasteiger partial charge in [-0.05, 0) is 55.3 Å². The van der Waals surface area contributed by atoms with E-state index in [0.29, 0.717) is 47.4 Å². The van der Waals surface area contributed by atoms with Crippen LogP contribution in [0.1, 0.15) is 35.3 Å². The highest BCUT2D eigenvalue weighted by atomic mass is 35.5. The molecule has 1 aromatic heterocycles. The Morgan fingerprint density at radius 2 is 1.66 bits per heavy atom. The van der Waals surface area contributed by atoms with E-state index in [9.17, 15) is 9.59 Å². The van der Waals surface area contributed by atoms with E-state index in [2.05, 4.69) is 15.1 Å². The van der Waals surface area contributed by atoms with Crippen molar-refractivity contribution in [2.75, 3.05) is 51.8 Å². The molecule has 0 unspecified atom stereocenters. The molecule has 1 atom stereocenters. The van der Waals surface area contributed by atoms with Crippen LogP contribution in [0.25, 0.3) is 11.3 Å². The number of anilines is 1. The molecule has 3 aromatic carbocycles. The number of hydrogen-bond acceptors (Lipinski definition) is 7. The number of amides is 2. The number of carbonyl (C=O) groups is 2. The van der Waals surface area contributed by atoms with Gasteiger partial charge in [-0.3, -0.25) is 9.59 Å². The van der Waals surface area contributed by atoms with Crippen molar-refractivity contribution in [2.45, 2.75) is 19.4 Å². The molecule has 44 heavy (non-hydrogen) atoms. The van der Waals surface area contributed by atoms with E-state index in [0.717, 1.165) is 29.9 Å². The SMILES string of the molecule is COc1ccc(-c2ccc(N3CCCN(C(=O)CN(C(=O)c4ccccc4Cl)[C@H](C)c4ccccc4)CC3)nn2)c(OC)c1. The molecule has 10 heteroatoms. The maximum absolute atomic E-state index is 13.7. The van der Waals surface area contributed by atoms with Crippen LogP contribution in [0, 0.1) is 0 Å². The first kappa shape index (κ1) is 30.8. The Kier molecular flexibility index (Phi) is 9.96. The second-order valence-electron chi connectivity index (χ2n) is 10.6. The molecule has 4 aromatic rings. The highest BCUT2D eigenvalue weighted by molar-refractivity contribution is 6.33. The molecule has 0 saturated carbocycles. The molecule has 1 saturated heterocycles. The van der Waals surface area contributed by atoms with Crippen LogP contribution in [-0.4, -0.2) is 78.8 Å². The first-order valence-corrected chi connectivity index (χ1v) is 15.0. The highest BCUT2D eigenvalue weighted by Crippen LogP contribution is 2.32. The Bertz CT molecular complexity index is 1580. The fourth-order valence-electron chi connectivity index (χ4n) is 5.37. The third-order valence-electron chi connectivity index (χ3n) is 7.93. The van der Waals surface area contributed by atoms with Crippen LogP contribution >= 0.6 is 11.6 Å². The molecular weight excluding hydrogens is 578 g/mol. The number of nitrogens with zero attached hydrogens (tertiary/aromatic N) is 5. The molecule has 0 aliphatic carbocycles. The molecule has 9 nitrogen and oxygen atoms in total. The van der Waals surface area contributed by atoms with Gasteiger partial charge in [0.05, 0.1) is 36.5 Å². The van der Waals surface area contributed by atoms with Gasteiger partial charge in [-0.15, -0.1) is 10.2 Å². The van der Waals surface area contributed by atoms with Crippen LogP contribution in [0.15, 0.2) is 84.9 Å². The van der Waals surface area contributed by atoms with Gasteiger partial charge >= 0.3 is 0 Å². The van der Waals surface area contributed by atoms with Crippen LogP contribution in [0.5, 0.6) is 11.5 Å². The van der Waals surface area contributed by atoms with Gasteiger partial charge in [0, 0.05) is 37.8 Å². The van der Waals surface area contributed by atoms with Crippen LogP contribution < -0.4 is 14.4 Å². The van der Waals surface area contributed by atoms with Gasteiger partial charge in [0.2, 0.25) is 5.91 Å². The Labute approximate surface area is 263 Å². The Morgan fingerprint density at radius 1 is 0.886 bits per heavy atom. The molecule has 1 aliphatic rings. The fraction of sp³-hybridized carbons (Fsp3) is 0.294. The maximum atomic E-state index is 13.7. The molecule has 2 amide bonds. The third-order valence-corrected chi connectivity index (χ3v) is 8.26. The second kappa shape index (κ2) is 14.2. The van der Waals surface area contributed by atoms with Gasteiger partial charge in [0.15, 0.2) is 5.82 Å². The Hall–Kier alpha value is -4.63. The van der Waals surface area contributed by atoms with Crippen LogP contribution in [0.2, 0.25) is 5.02 Å². The predicted molar refractivity (Wildman–Crippen MR) is 171 cm³/mol. The van der Waals surface area contributed by atoms with E-state index in [4.69, 9.17) is 21.1 Å². The first-order chi connectivity index (χ1) is 21.4. The van der Waals surface area contributed by atoms with Gasteiger partial charge in [-0.1, -0.05) is 54.1 Å². The summed E-state index contributed by atoms with van der Waals surface area (Å²) >= 11 is 6.40. The number of rotatable bonds is 9. The Balaban J connectivity index is 1.28. The number of ether oxygens (including phenoxy) is 2. The summed E-state index contributed by atoms with van der Waals surface area (Å²) in [6, 6.07) is 25.8. The predicted octanol–water partition coefficient (Wildman–Crippen LogP) is 5.76. The summed E-state index contributed by atoms with van der Waals surface area (Å²) in [5, 5.41) is 9.33. The average molecular weight is 614 g/mol. The molecule has 2 heterocycles. The molecule has 5 rings (SSSR count). The number of carbonyl (C=O) groups excluding carboxylic acids is 2. The smallest absolute Gasteiger partial charge is 0.256 e. The molecule has 0 N–H and O–H groups in total. The quantitative estimate of drug-likeness (QED) is 0.237. The zero-order valence-electron chi connectivity index (χ0n) is 25.1. The van der Waals surface area contributed by atoms with E-state index >= 15 is 0 Å². The highest BCUT2D eigenvalue weighted by Gasteiger charge is 2.29. The zero-order chi connectivity index (χ0) is 31.1. The number of hydrogen-bond donors (Lipinski definition) is 0. The first-order valence-electron chi connectivity index (χ1n) is 14.6. The largest absolute Gasteiger partial charge is 0.497 e. The lowest BCUT2D eigenvalue weighted by atomic mass is 10.1. The maximum Gasteiger partial charge on any atom is 0.256 e. The topological polar surface area (TPSA) is 88.1 Å². The van der Waals surface area contributed by atoms with Crippen molar-refractivity contribution in [1.82, 2.24) is 20.0 Å². The van der Waals surface area contributed by atoms with Crippen molar-refractivity contribution in [3.63, 3.8) is 0 Å². The molecule has 1 fully saturated rings. The molecule has 1 aliphatic heterocycles. The average Bonchev–Trinajstić information content (AvgIpc) is 3.33. The minimum atomic E-state index is -0.328. The molecular formula is C34H36ClN5O4. The second-order valence-corrected chi connectivity index (χ2v) is 11.0. The van der Waals surface area contributed by atoms with E-state index in [1.807, 2.05) is 72.5 Å². The number of halogens is 1. The van der Waals surface area contributed by atoms with E-state index in [1.54, 1.807) is 43.4 Å². The van der Waals surface area contributed by atoms with Crippen LogP contribution in [0.3, 0.4) is 0 Å². The summed E-state index contributed by atoms with van der Waals surface area (Å²) in [5.41, 5.74) is 2.83. The molecule has 0 radical (unpaired) electrons. The lowest BCUT2D eigenvalue weighted by molar-refractivity contribution is -0.132. The fourth-order valence-corrected chi connectivity index (χ4v) is 5.59.